The molecule has 0 amide bonds. The first-order chi connectivity index (χ1) is 9.54. The molecule has 104 valence electrons. The minimum Gasteiger partial charge on any atom is -0.466 e. The second-order valence-corrected chi connectivity index (χ2v) is 5.06. The highest BCUT2D eigenvalue weighted by molar-refractivity contribution is 6.29. The number of nitrogens with one attached hydrogen (secondary N) is 1. The van der Waals surface area contributed by atoms with Crippen LogP contribution in [0.2, 0.25) is 5.15 Å². The molecule has 1 N–H and O–H groups in total. The molecule has 0 spiro atoms. The van der Waals surface area contributed by atoms with Gasteiger partial charge < -0.3 is 9.73 Å². The van der Waals surface area contributed by atoms with Crippen molar-refractivity contribution < 1.29 is 4.42 Å². The van der Waals surface area contributed by atoms with Crippen LogP contribution >= 0.6 is 11.6 Å². The largest absolute Gasteiger partial charge is 0.466 e. The van der Waals surface area contributed by atoms with Crippen molar-refractivity contribution in [3.05, 3.63) is 40.7 Å². The molecule has 6 nitrogen and oxygen atoms in total. The summed E-state index contributed by atoms with van der Waals surface area (Å²) in [6.07, 6.45) is 1.45. The Morgan fingerprint density at radius 2 is 2.15 bits per heavy atom. The summed E-state index contributed by atoms with van der Waals surface area (Å²) >= 11 is 5.99. The summed E-state index contributed by atoms with van der Waals surface area (Å²) in [6.45, 7) is 5.93. The summed E-state index contributed by atoms with van der Waals surface area (Å²) in [5.74, 6) is 3.00. The van der Waals surface area contributed by atoms with Gasteiger partial charge in [0.05, 0.1) is 6.04 Å². The van der Waals surface area contributed by atoms with Crippen LogP contribution < -0.4 is 5.32 Å². The molecule has 1 unspecified atom stereocenters. The highest BCUT2D eigenvalue weighted by atomic mass is 35.5. The van der Waals surface area contributed by atoms with E-state index in [2.05, 4.69) is 20.4 Å². The topological polar surface area (TPSA) is 68.2 Å². The Labute approximate surface area is 120 Å². The molecular formula is C13H14ClN5O. The van der Waals surface area contributed by atoms with E-state index >= 15 is 0 Å². The van der Waals surface area contributed by atoms with E-state index < -0.39 is 0 Å². The molecular weight excluding hydrogens is 278 g/mol. The van der Waals surface area contributed by atoms with Crippen LogP contribution in [0.1, 0.15) is 30.0 Å². The van der Waals surface area contributed by atoms with Crippen molar-refractivity contribution in [1.29, 1.82) is 0 Å². The number of fused-ring (bicyclic) bond motifs is 1. The number of aryl methyl sites for hydroxylation is 2. The van der Waals surface area contributed by atoms with Crippen molar-refractivity contribution in [2.75, 3.05) is 5.32 Å². The fraction of sp³-hybridized carbons (Fsp3) is 0.308. The van der Waals surface area contributed by atoms with Crippen molar-refractivity contribution in [3.63, 3.8) is 0 Å². The first-order valence-corrected chi connectivity index (χ1v) is 6.62. The van der Waals surface area contributed by atoms with E-state index in [0.717, 1.165) is 22.9 Å². The lowest BCUT2D eigenvalue weighted by atomic mass is 10.1. The molecule has 3 rings (SSSR count). The number of hydrogen-bond acceptors (Lipinski definition) is 5. The number of halogens is 1. The zero-order chi connectivity index (χ0) is 14.3. The molecule has 1 atom stereocenters. The molecule has 3 heterocycles. The number of furan rings is 1. The van der Waals surface area contributed by atoms with Crippen molar-refractivity contribution in [1.82, 2.24) is 19.6 Å². The molecule has 0 bridgehead atoms. The van der Waals surface area contributed by atoms with Gasteiger partial charge in [-0.3, -0.25) is 0 Å². The minimum absolute atomic E-state index is 0.0540. The monoisotopic (exact) mass is 291 g/mol. The summed E-state index contributed by atoms with van der Waals surface area (Å²) in [5, 5.41) is 7.87. The van der Waals surface area contributed by atoms with Crippen LogP contribution in [0.25, 0.3) is 5.78 Å². The Hall–Kier alpha value is -2.08. The first kappa shape index (κ1) is 12.9. The van der Waals surface area contributed by atoms with Crippen LogP contribution in [-0.4, -0.2) is 19.6 Å². The molecule has 0 saturated heterocycles. The summed E-state index contributed by atoms with van der Waals surface area (Å²) in [7, 11) is 0. The third-order valence-electron chi connectivity index (χ3n) is 3.13. The number of aromatic nitrogens is 4. The van der Waals surface area contributed by atoms with Crippen molar-refractivity contribution in [2.24, 2.45) is 0 Å². The second-order valence-electron chi connectivity index (χ2n) is 4.67. The fourth-order valence-corrected chi connectivity index (χ4v) is 2.45. The van der Waals surface area contributed by atoms with Gasteiger partial charge in [0.15, 0.2) is 0 Å². The summed E-state index contributed by atoms with van der Waals surface area (Å²) in [5.41, 5.74) is 1.10. The van der Waals surface area contributed by atoms with Gasteiger partial charge in [-0.15, -0.1) is 0 Å². The molecule has 20 heavy (non-hydrogen) atoms. The van der Waals surface area contributed by atoms with Gasteiger partial charge in [0.25, 0.3) is 5.78 Å². The molecule has 0 saturated carbocycles. The van der Waals surface area contributed by atoms with Crippen molar-refractivity contribution in [2.45, 2.75) is 26.8 Å². The molecule has 0 aliphatic rings. The molecule has 0 aromatic carbocycles. The Balaban J connectivity index is 1.96. The van der Waals surface area contributed by atoms with Crippen LogP contribution in [0.3, 0.4) is 0 Å². The Morgan fingerprint density at radius 3 is 2.85 bits per heavy atom. The highest BCUT2D eigenvalue weighted by Crippen LogP contribution is 2.25. The molecule has 3 aromatic rings. The zero-order valence-electron chi connectivity index (χ0n) is 11.4. The number of nitrogens with zero attached hydrogens (tertiary/aromatic N) is 4. The summed E-state index contributed by atoms with van der Waals surface area (Å²) in [4.78, 5) is 8.13. The average Bonchev–Trinajstić information content (AvgIpc) is 2.95. The van der Waals surface area contributed by atoms with Crippen LogP contribution in [0, 0.1) is 13.8 Å². The van der Waals surface area contributed by atoms with Crippen LogP contribution in [-0.2, 0) is 0 Å². The standard InChI is InChI=1S/C13H14ClN5O/c1-7-4-10(9(3)20-7)8(2)17-12-5-11(14)18-13-15-6-16-19(12)13/h4-6,8,17H,1-3H3. The molecule has 0 aliphatic carbocycles. The third kappa shape index (κ3) is 2.22. The van der Waals surface area contributed by atoms with E-state index in [1.807, 2.05) is 26.8 Å². The summed E-state index contributed by atoms with van der Waals surface area (Å²) < 4.78 is 7.17. The smallest absolute Gasteiger partial charge is 0.255 e. The van der Waals surface area contributed by atoms with Gasteiger partial charge in [0.1, 0.15) is 28.8 Å². The maximum atomic E-state index is 5.99. The lowest BCUT2D eigenvalue weighted by Gasteiger charge is -2.15. The lowest BCUT2D eigenvalue weighted by Crippen LogP contribution is -2.11. The van der Waals surface area contributed by atoms with Gasteiger partial charge >= 0.3 is 0 Å². The van der Waals surface area contributed by atoms with E-state index in [0.29, 0.717) is 10.9 Å². The molecule has 7 heteroatoms. The van der Waals surface area contributed by atoms with Gasteiger partial charge in [0.2, 0.25) is 0 Å². The predicted molar refractivity (Wildman–Crippen MR) is 76.0 cm³/mol. The van der Waals surface area contributed by atoms with E-state index in [9.17, 15) is 0 Å². The second kappa shape index (κ2) is 4.79. The van der Waals surface area contributed by atoms with E-state index in [1.54, 1.807) is 10.6 Å². The lowest BCUT2D eigenvalue weighted by molar-refractivity contribution is 0.499. The fourth-order valence-electron chi connectivity index (χ4n) is 2.27. The first-order valence-electron chi connectivity index (χ1n) is 6.24. The van der Waals surface area contributed by atoms with Gasteiger partial charge in [-0.05, 0) is 26.8 Å². The molecule has 0 radical (unpaired) electrons. The van der Waals surface area contributed by atoms with Gasteiger partial charge in [0, 0.05) is 11.6 Å². The molecule has 0 aliphatic heterocycles. The number of rotatable bonds is 3. The van der Waals surface area contributed by atoms with E-state index in [1.165, 1.54) is 6.33 Å². The Bertz CT molecular complexity index is 763. The number of hydrogen-bond donors (Lipinski definition) is 1. The zero-order valence-corrected chi connectivity index (χ0v) is 12.1. The van der Waals surface area contributed by atoms with Crippen molar-refractivity contribution >= 4 is 23.2 Å². The van der Waals surface area contributed by atoms with Crippen LogP contribution in [0.15, 0.2) is 22.9 Å². The SMILES string of the molecule is Cc1cc(C(C)Nc2cc(Cl)nc3ncnn23)c(C)o1. The Kier molecular flexibility index (Phi) is 3.10. The predicted octanol–water partition coefficient (Wildman–Crippen LogP) is 3.16. The molecule has 3 aromatic heterocycles. The maximum Gasteiger partial charge on any atom is 0.255 e. The summed E-state index contributed by atoms with van der Waals surface area (Å²) in [6, 6.07) is 3.80. The number of anilines is 1. The van der Waals surface area contributed by atoms with Gasteiger partial charge in [-0.1, -0.05) is 11.6 Å². The third-order valence-corrected chi connectivity index (χ3v) is 3.32. The van der Waals surface area contributed by atoms with Crippen molar-refractivity contribution in [3.8, 4) is 0 Å². The Morgan fingerprint density at radius 1 is 1.35 bits per heavy atom. The maximum absolute atomic E-state index is 5.99. The van der Waals surface area contributed by atoms with Gasteiger partial charge in [-0.2, -0.15) is 19.6 Å². The minimum atomic E-state index is 0.0540. The van der Waals surface area contributed by atoms with Gasteiger partial charge in [-0.25, -0.2) is 0 Å². The highest BCUT2D eigenvalue weighted by Gasteiger charge is 2.15. The normalized spacial score (nSPS) is 12.8. The molecule has 0 fully saturated rings. The van der Waals surface area contributed by atoms with E-state index in [-0.39, 0.29) is 6.04 Å². The average molecular weight is 292 g/mol. The quantitative estimate of drug-likeness (QED) is 0.751. The van der Waals surface area contributed by atoms with E-state index in [4.69, 9.17) is 16.0 Å². The van der Waals surface area contributed by atoms with Crippen LogP contribution in [0.4, 0.5) is 5.82 Å². The van der Waals surface area contributed by atoms with Crippen LogP contribution in [0.5, 0.6) is 0 Å².